The Hall–Kier alpha value is -0.840. The van der Waals surface area contributed by atoms with Crippen molar-refractivity contribution < 1.29 is 4.79 Å². The molecular formula is C14H24BrN3O. The second-order valence-corrected chi connectivity index (χ2v) is 5.97. The number of carbonyl (C=O) groups is 1. The Bertz CT molecular complexity index is 413. The lowest BCUT2D eigenvalue weighted by molar-refractivity contribution is 0.0941. The molecule has 0 aromatic carbocycles. The van der Waals surface area contributed by atoms with Crippen molar-refractivity contribution in [2.24, 2.45) is 5.92 Å². The number of nitrogens with one attached hydrogen (secondary N) is 1. The maximum absolute atomic E-state index is 12.1. The highest BCUT2D eigenvalue weighted by Crippen LogP contribution is 2.19. The average molecular weight is 330 g/mol. The van der Waals surface area contributed by atoms with Crippen LogP contribution in [0.5, 0.6) is 0 Å². The van der Waals surface area contributed by atoms with Gasteiger partial charge in [-0.05, 0) is 25.8 Å². The summed E-state index contributed by atoms with van der Waals surface area (Å²) in [5, 5.41) is 7.28. The molecule has 1 aromatic rings. The lowest BCUT2D eigenvalue weighted by Gasteiger charge is -2.19. The Labute approximate surface area is 124 Å². The van der Waals surface area contributed by atoms with Crippen molar-refractivity contribution in [3.8, 4) is 0 Å². The van der Waals surface area contributed by atoms with Crippen LogP contribution >= 0.6 is 15.9 Å². The molecular weight excluding hydrogens is 306 g/mol. The van der Waals surface area contributed by atoms with E-state index in [1.54, 1.807) is 4.68 Å². The van der Waals surface area contributed by atoms with E-state index in [1.807, 2.05) is 19.9 Å². The lowest BCUT2D eigenvalue weighted by Crippen LogP contribution is -2.34. The summed E-state index contributed by atoms with van der Waals surface area (Å²) in [5.74, 6) is 0.552. The highest BCUT2D eigenvalue weighted by Gasteiger charge is 2.18. The topological polar surface area (TPSA) is 46.9 Å². The van der Waals surface area contributed by atoms with Crippen LogP contribution in [0.25, 0.3) is 0 Å². The summed E-state index contributed by atoms with van der Waals surface area (Å²) in [7, 11) is 0. The van der Waals surface area contributed by atoms with Gasteiger partial charge in [-0.2, -0.15) is 5.10 Å². The van der Waals surface area contributed by atoms with Crippen molar-refractivity contribution in [3.63, 3.8) is 0 Å². The number of hydrogen-bond acceptors (Lipinski definition) is 2. The first-order chi connectivity index (χ1) is 9.03. The first-order valence-electron chi connectivity index (χ1n) is 7.00. The molecule has 1 atom stereocenters. The van der Waals surface area contributed by atoms with Gasteiger partial charge in [0.15, 0.2) is 0 Å². The number of hydrogen-bond donors (Lipinski definition) is 1. The first kappa shape index (κ1) is 16.2. The smallest absolute Gasteiger partial charge is 0.269 e. The second kappa shape index (κ2) is 7.68. The highest BCUT2D eigenvalue weighted by atomic mass is 79.9. The monoisotopic (exact) mass is 329 g/mol. The van der Waals surface area contributed by atoms with Gasteiger partial charge in [-0.3, -0.25) is 9.48 Å². The fourth-order valence-corrected chi connectivity index (χ4v) is 3.13. The highest BCUT2D eigenvalue weighted by molar-refractivity contribution is 9.09. The molecule has 0 radical (unpaired) electrons. The second-order valence-electron chi connectivity index (χ2n) is 4.79. The van der Waals surface area contributed by atoms with Gasteiger partial charge in [0.1, 0.15) is 5.69 Å². The van der Waals surface area contributed by atoms with Crippen LogP contribution in [0.2, 0.25) is 0 Å². The minimum atomic E-state index is -0.0437. The zero-order valence-electron chi connectivity index (χ0n) is 12.2. The Morgan fingerprint density at radius 1 is 1.42 bits per heavy atom. The number of carbonyl (C=O) groups excluding carboxylic acids is 1. The molecule has 19 heavy (non-hydrogen) atoms. The summed E-state index contributed by atoms with van der Waals surface area (Å²) in [5.41, 5.74) is 1.52. The molecule has 4 nitrogen and oxygen atoms in total. The number of aromatic nitrogens is 2. The van der Waals surface area contributed by atoms with Crippen LogP contribution in [0, 0.1) is 12.8 Å². The number of nitrogens with zero attached hydrogens (tertiary/aromatic N) is 2. The molecule has 0 saturated carbocycles. The lowest BCUT2D eigenvalue weighted by atomic mass is 9.99. The molecule has 1 heterocycles. The predicted octanol–water partition coefficient (Wildman–Crippen LogP) is 3.14. The SMILES string of the molecule is CCC(CC)C(Br)CNC(=O)c1cc(C)nn1CC. The van der Waals surface area contributed by atoms with Gasteiger partial charge in [0.2, 0.25) is 0 Å². The summed E-state index contributed by atoms with van der Waals surface area (Å²) in [6.07, 6.45) is 2.24. The van der Waals surface area contributed by atoms with Crippen molar-refractivity contribution in [2.45, 2.75) is 51.9 Å². The van der Waals surface area contributed by atoms with Crippen molar-refractivity contribution in [2.75, 3.05) is 6.54 Å². The van der Waals surface area contributed by atoms with Gasteiger partial charge >= 0.3 is 0 Å². The zero-order chi connectivity index (χ0) is 14.4. The van der Waals surface area contributed by atoms with Crippen molar-refractivity contribution in [1.82, 2.24) is 15.1 Å². The normalized spacial score (nSPS) is 12.7. The Morgan fingerprint density at radius 2 is 2.05 bits per heavy atom. The van der Waals surface area contributed by atoms with Crippen LogP contribution in [0.1, 0.15) is 49.8 Å². The Balaban J connectivity index is 2.60. The largest absolute Gasteiger partial charge is 0.350 e. The molecule has 0 bridgehead atoms. The minimum Gasteiger partial charge on any atom is -0.350 e. The molecule has 0 saturated heterocycles. The molecule has 0 aliphatic heterocycles. The van der Waals surface area contributed by atoms with Crippen LogP contribution in [-0.4, -0.2) is 27.1 Å². The van der Waals surface area contributed by atoms with E-state index in [2.05, 4.69) is 40.2 Å². The molecule has 0 fully saturated rings. The van der Waals surface area contributed by atoms with E-state index in [9.17, 15) is 4.79 Å². The summed E-state index contributed by atoms with van der Waals surface area (Å²) in [6.45, 7) is 9.61. The third kappa shape index (κ3) is 4.34. The van der Waals surface area contributed by atoms with Crippen molar-refractivity contribution in [3.05, 3.63) is 17.5 Å². The number of amides is 1. The quantitative estimate of drug-likeness (QED) is 0.781. The summed E-state index contributed by atoms with van der Waals surface area (Å²) >= 11 is 3.67. The Morgan fingerprint density at radius 3 is 2.58 bits per heavy atom. The van der Waals surface area contributed by atoms with Crippen molar-refractivity contribution >= 4 is 21.8 Å². The van der Waals surface area contributed by atoms with E-state index in [1.165, 1.54) is 0 Å². The van der Waals surface area contributed by atoms with Gasteiger partial charge < -0.3 is 5.32 Å². The van der Waals surface area contributed by atoms with Gasteiger partial charge in [-0.1, -0.05) is 42.6 Å². The standard InChI is InChI=1S/C14H24BrN3O/c1-5-11(6-2)12(15)9-16-14(19)13-8-10(4)17-18(13)7-3/h8,11-12H,5-7,9H2,1-4H3,(H,16,19). The van der Waals surface area contributed by atoms with Crippen LogP contribution in [0.15, 0.2) is 6.07 Å². The molecule has 1 aromatic heterocycles. The fraction of sp³-hybridized carbons (Fsp3) is 0.714. The van der Waals surface area contributed by atoms with Gasteiger partial charge in [0.25, 0.3) is 5.91 Å². The molecule has 5 heteroatoms. The van der Waals surface area contributed by atoms with E-state index >= 15 is 0 Å². The molecule has 1 unspecified atom stereocenters. The number of alkyl halides is 1. The third-order valence-electron chi connectivity index (χ3n) is 3.45. The number of rotatable bonds is 7. The number of aryl methyl sites for hydroxylation is 2. The maximum Gasteiger partial charge on any atom is 0.269 e. The first-order valence-corrected chi connectivity index (χ1v) is 7.91. The molecule has 1 amide bonds. The average Bonchev–Trinajstić information content (AvgIpc) is 2.78. The molecule has 0 aliphatic carbocycles. The molecule has 108 valence electrons. The van der Waals surface area contributed by atoms with Gasteiger partial charge in [0, 0.05) is 17.9 Å². The minimum absolute atomic E-state index is 0.0437. The molecule has 0 aliphatic rings. The Kier molecular flexibility index (Phi) is 6.55. The third-order valence-corrected chi connectivity index (χ3v) is 4.52. The van der Waals surface area contributed by atoms with Crippen LogP contribution in [0.4, 0.5) is 0 Å². The summed E-state index contributed by atoms with van der Waals surface area (Å²) < 4.78 is 1.74. The van der Waals surface area contributed by atoms with Crippen LogP contribution in [0.3, 0.4) is 0 Å². The number of halogens is 1. The van der Waals surface area contributed by atoms with E-state index in [0.717, 1.165) is 18.5 Å². The fourth-order valence-electron chi connectivity index (χ4n) is 2.22. The maximum atomic E-state index is 12.1. The molecule has 1 N–H and O–H groups in total. The molecule has 1 rings (SSSR count). The molecule has 0 spiro atoms. The van der Waals surface area contributed by atoms with Crippen LogP contribution in [-0.2, 0) is 6.54 Å². The van der Waals surface area contributed by atoms with Crippen molar-refractivity contribution in [1.29, 1.82) is 0 Å². The van der Waals surface area contributed by atoms with Gasteiger partial charge in [-0.15, -0.1) is 0 Å². The van der Waals surface area contributed by atoms with Gasteiger partial charge in [-0.25, -0.2) is 0 Å². The van der Waals surface area contributed by atoms with E-state index in [0.29, 0.717) is 29.5 Å². The predicted molar refractivity (Wildman–Crippen MR) is 81.8 cm³/mol. The van der Waals surface area contributed by atoms with E-state index in [4.69, 9.17) is 0 Å². The summed E-state index contributed by atoms with van der Waals surface area (Å²) in [4.78, 5) is 12.5. The summed E-state index contributed by atoms with van der Waals surface area (Å²) in [6, 6.07) is 1.83. The van der Waals surface area contributed by atoms with Gasteiger partial charge in [0.05, 0.1) is 5.69 Å². The van der Waals surface area contributed by atoms with E-state index < -0.39 is 0 Å². The van der Waals surface area contributed by atoms with Crippen LogP contribution < -0.4 is 5.32 Å². The van der Waals surface area contributed by atoms with E-state index in [-0.39, 0.29) is 5.91 Å². The zero-order valence-corrected chi connectivity index (χ0v) is 13.8.